The molecule has 21 heavy (non-hydrogen) atoms. The summed E-state index contributed by atoms with van der Waals surface area (Å²) in [6.45, 7) is 0. The molecule has 0 heterocycles. The molecule has 0 saturated heterocycles. The first kappa shape index (κ1) is 14.7. The first-order valence-electron chi connectivity index (χ1n) is 6.38. The number of hydrogen-bond donors (Lipinski definition) is 1. The van der Waals surface area contributed by atoms with Crippen LogP contribution in [-0.2, 0) is 0 Å². The normalized spacial score (nSPS) is 10.6. The SMILES string of the molecule is COc1ccc(C=CC(=O)c2ccccc2O)c(OC)c1. The number of carbonyl (C=O) groups is 1. The summed E-state index contributed by atoms with van der Waals surface area (Å²) in [5.41, 5.74) is 1.02. The molecule has 0 atom stereocenters. The lowest BCUT2D eigenvalue weighted by atomic mass is 10.1. The molecule has 0 saturated carbocycles. The molecule has 2 rings (SSSR count). The molecular formula is C17H16O4. The van der Waals surface area contributed by atoms with Crippen LogP contribution in [0.1, 0.15) is 15.9 Å². The van der Waals surface area contributed by atoms with Gasteiger partial charge < -0.3 is 14.6 Å². The second-order valence-corrected chi connectivity index (χ2v) is 4.32. The highest BCUT2D eigenvalue weighted by Crippen LogP contribution is 2.26. The van der Waals surface area contributed by atoms with Gasteiger partial charge in [0.1, 0.15) is 17.2 Å². The summed E-state index contributed by atoms with van der Waals surface area (Å²) in [7, 11) is 3.13. The van der Waals surface area contributed by atoms with Gasteiger partial charge in [-0.15, -0.1) is 0 Å². The van der Waals surface area contributed by atoms with E-state index in [1.165, 1.54) is 12.1 Å². The Balaban J connectivity index is 2.25. The molecule has 0 unspecified atom stereocenters. The minimum Gasteiger partial charge on any atom is -0.507 e. The van der Waals surface area contributed by atoms with Crippen LogP contribution in [-0.4, -0.2) is 25.1 Å². The Morgan fingerprint density at radius 2 is 1.86 bits per heavy atom. The fourth-order valence-corrected chi connectivity index (χ4v) is 1.89. The van der Waals surface area contributed by atoms with Gasteiger partial charge in [-0.1, -0.05) is 12.1 Å². The third-order valence-electron chi connectivity index (χ3n) is 3.02. The number of hydrogen-bond acceptors (Lipinski definition) is 4. The highest BCUT2D eigenvalue weighted by Gasteiger charge is 2.07. The Morgan fingerprint density at radius 3 is 2.52 bits per heavy atom. The quantitative estimate of drug-likeness (QED) is 0.676. The van der Waals surface area contributed by atoms with Crippen LogP contribution in [0.25, 0.3) is 6.08 Å². The van der Waals surface area contributed by atoms with Gasteiger partial charge in [0.2, 0.25) is 0 Å². The van der Waals surface area contributed by atoms with E-state index in [4.69, 9.17) is 9.47 Å². The van der Waals surface area contributed by atoms with Gasteiger partial charge >= 0.3 is 0 Å². The van der Waals surface area contributed by atoms with E-state index >= 15 is 0 Å². The first-order chi connectivity index (χ1) is 10.2. The van der Waals surface area contributed by atoms with Crippen molar-refractivity contribution < 1.29 is 19.4 Å². The number of ether oxygens (including phenoxy) is 2. The molecule has 0 bridgehead atoms. The third kappa shape index (κ3) is 3.42. The molecular weight excluding hydrogens is 268 g/mol. The van der Waals surface area contributed by atoms with Crippen molar-refractivity contribution in [3.8, 4) is 17.2 Å². The summed E-state index contributed by atoms with van der Waals surface area (Å²) in [6, 6.07) is 11.8. The molecule has 0 radical (unpaired) electrons. The van der Waals surface area contributed by atoms with Crippen LogP contribution in [0.5, 0.6) is 17.2 Å². The van der Waals surface area contributed by atoms with Crippen LogP contribution in [0.2, 0.25) is 0 Å². The van der Waals surface area contributed by atoms with Gasteiger partial charge in [-0.05, 0) is 36.4 Å². The summed E-state index contributed by atoms with van der Waals surface area (Å²) in [5.74, 6) is 0.978. The van der Waals surface area contributed by atoms with Gasteiger partial charge in [-0.2, -0.15) is 0 Å². The summed E-state index contributed by atoms with van der Waals surface area (Å²) < 4.78 is 10.4. The lowest BCUT2D eigenvalue weighted by molar-refractivity contribution is 0.104. The highest BCUT2D eigenvalue weighted by atomic mass is 16.5. The van der Waals surface area contributed by atoms with E-state index in [9.17, 15) is 9.90 Å². The van der Waals surface area contributed by atoms with Gasteiger partial charge in [0.25, 0.3) is 0 Å². The van der Waals surface area contributed by atoms with Gasteiger partial charge in [0, 0.05) is 11.6 Å². The maximum atomic E-state index is 12.0. The fraction of sp³-hybridized carbons (Fsp3) is 0.118. The lowest BCUT2D eigenvalue weighted by Crippen LogP contribution is -1.95. The Bertz CT molecular complexity index is 674. The first-order valence-corrected chi connectivity index (χ1v) is 6.38. The predicted octanol–water partition coefficient (Wildman–Crippen LogP) is 3.31. The highest BCUT2D eigenvalue weighted by molar-refractivity contribution is 6.08. The molecule has 2 aromatic carbocycles. The Morgan fingerprint density at radius 1 is 1.10 bits per heavy atom. The second kappa shape index (κ2) is 6.61. The summed E-state index contributed by atoms with van der Waals surface area (Å²) >= 11 is 0. The smallest absolute Gasteiger partial charge is 0.189 e. The van der Waals surface area contributed by atoms with Gasteiger partial charge in [-0.25, -0.2) is 0 Å². The van der Waals surface area contributed by atoms with Crippen LogP contribution in [0, 0.1) is 0 Å². The van der Waals surface area contributed by atoms with Crippen molar-refractivity contribution >= 4 is 11.9 Å². The molecule has 0 amide bonds. The van der Waals surface area contributed by atoms with Crippen LogP contribution < -0.4 is 9.47 Å². The summed E-state index contributed by atoms with van der Waals surface area (Å²) in [6.07, 6.45) is 3.05. The standard InChI is InChI=1S/C17H16O4/c1-20-13-9-7-12(17(11-13)21-2)8-10-16(19)14-5-3-4-6-15(14)18/h3-11,18H,1-2H3. The molecule has 0 aliphatic rings. The molecule has 0 spiro atoms. The molecule has 0 aliphatic carbocycles. The van der Waals surface area contributed by atoms with E-state index < -0.39 is 0 Å². The molecule has 0 aromatic heterocycles. The average molecular weight is 284 g/mol. The summed E-state index contributed by atoms with van der Waals surface area (Å²) in [5, 5.41) is 9.65. The van der Waals surface area contributed by atoms with Crippen molar-refractivity contribution in [2.45, 2.75) is 0 Å². The topological polar surface area (TPSA) is 55.8 Å². The number of para-hydroxylation sites is 1. The third-order valence-corrected chi connectivity index (χ3v) is 3.02. The van der Waals surface area contributed by atoms with Crippen LogP contribution in [0.4, 0.5) is 0 Å². The number of aromatic hydroxyl groups is 1. The van der Waals surface area contributed by atoms with Crippen molar-refractivity contribution in [1.29, 1.82) is 0 Å². The zero-order valence-electron chi connectivity index (χ0n) is 11.9. The number of rotatable bonds is 5. The number of carbonyl (C=O) groups excluding carboxylic acids is 1. The maximum absolute atomic E-state index is 12.0. The van der Waals surface area contributed by atoms with E-state index in [1.807, 2.05) is 0 Å². The van der Waals surface area contributed by atoms with E-state index in [0.717, 1.165) is 5.56 Å². The van der Waals surface area contributed by atoms with Crippen molar-refractivity contribution in [1.82, 2.24) is 0 Å². The van der Waals surface area contributed by atoms with E-state index in [-0.39, 0.29) is 17.1 Å². The number of allylic oxidation sites excluding steroid dienone is 1. The molecule has 1 N–H and O–H groups in total. The van der Waals surface area contributed by atoms with Crippen molar-refractivity contribution in [2.75, 3.05) is 14.2 Å². The molecule has 0 aliphatic heterocycles. The molecule has 0 fully saturated rings. The Hall–Kier alpha value is -2.75. The van der Waals surface area contributed by atoms with Crippen molar-refractivity contribution in [2.24, 2.45) is 0 Å². The molecule has 4 heteroatoms. The number of benzene rings is 2. The average Bonchev–Trinajstić information content (AvgIpc) is 2.52. The second-order valence-electron chi connectivity index (χ2n) is 4.32. The van der Waals surface area contributed by atoms with Crippen LogP contribution >= 0.6 is 0 Å². The molecule has 2 aromatic rings. The van der Waals surface area contributed by atoms with Crippen LogP contribution in [0.3, 0.4) is 0 Å². The van der Waals surface area contributed by atoms with Crippen molar-refractivity contribution in [3.63, 3.8) is 0 Å². The fourth-order valence-electron chi connectivity index (χ4n) is 1.89. The monoisotopic (exact) mass is 284 g/mol. The van der Waals surface area contributed by atoms with Gasteiger partial charge in [-0.3, -0.25) is 4.79 Å². The zero-order valence-corrected chi connectivity index (χ0v) is 11.9. The Kier molecular flexibility index (Phi) is 4.61. The number of phenols is 1. The van der Waals surface area contributed by atoms with E-state index in [1.54, 1.807) is 56.7 Å². The molecule has 108 valence electrons. The maximum Gasteiger partial charge on any atom is 0.189 e. The number of methoxy groups -OCH3 is 2. The Labute approximate surface area is 123 Å². The van der Waals surface area contributed by atoms with Crippen molar-refractivity contribution in [3.05, 3.63) is 59.7 Å². The predicted molar refractivity (Wildman–Crippen MR) is 81.0 cm³/mol. The van der Waals surface area contributed by atoms with E-state index in [2.05, 4.69) is 0 Å². The van der Waals surface area contributed by atoms with Gasteiger partial charge in [0.15, 0.2) is 5.78 Å². The number of ketones is 1. The minimum atomic E-state index is -0.272. The van der Waals surface area contributed by atoms with Crippen LogP contribution in [0.15, 0.2) is 48.5 Å². The van der Waals surface area contributed by atoms with E-state index in [0.29, 0.717) is 11.5 Å². The number of phenolic OH excluding ortho intramolecular Hbond substituents is 1. The zero-order chi connectivity index (χ0) is 15.2. The largest absolute Gasteiger partial charge is 0.507 e. The lowest BCUT2D eigenvalue weighted by Gasteiger charge is -2.07. The minimum absolute atomic E-state index is 0.0335. The molecule has 4 nitrogen and oxygen atoms in total. The van der Waals surface area contributed by atoms with Gasteiger partial charge in [0.05, 0.1) is 19.8 Å². The summed E-state index contributed by atoms with van der Waals surface area (Å²) in [4.78, 5) is 12.0.